The second-order valence-corrected chi connectivity index (χ2v) is 5.65. The molecule has 3 atom stereocenters. The van der Waals surface area contributed by atoms with Crippen LogP contribution in [-0.4, -0.2) is 24.6 Å². The van der Waals surface area contributed by atoms with Gasteiger partial charge in [0.15, 0.2) is 0 Å². The molecular weight excluding hydrogens is 281 g/mol. The van der Waals surface area contributed by atoms with E-state index in [9.17, 15) is 13.2 Å². The first-order valence-corrected chi connectivity index (χ1v) is 7.09. The number of nitrogens with zero attached hydrogens (tertiary/aromatic N) is 1. The summed E-state index contributed by atoms with van der Waals surface area (Å²) < 4.78 is 43.4. The van der Waals surface area contributed by atoms with Gasteiger partial charge in [-0.15, -0.1) is 0 Å². The molecule has 6 heteroatoms. The SMILES string of the molecule is NCC1CCC2OC(c3ccc(C(F)(F)F)cc3)=NC2C1. The van der Waals surface area contributed by atoms with Crippen LogP contribution in [0.1, 0.15) is 30.4 Å². The summed E-state index contributed by atoms with van der Waals surface area (Å²) in [6.07, 6.45) is -1.46. The molecule has 3 nitrogen and oxygen atoms in total. The van der Waals surface area contributed by atoms with E-state index in [2.05, 4.69) is 4.99 Å². The average molecular weight is 298 g/mol. The van der Waals surface area contributed by atoms with Crippen LogP contribution in [0.15, 0.2) is 29.3 Å². The zero-order valence-electron chi connectivity index (χ0n) is 11.4. The number of fused-ring (bicyclic) bond motifs is 1. The first kappa shape index (κ1) is 14.4. The standard InChI is InChI=1S/C15H17F3N2O/c16-15(17,18)11-4-2-10(3-5-11)14-20-12-7-9(8-19)1-6-13(12)21-14/h2-5,9,12-13H,1,6-8,19H2. The summed E-state index contributed by atoms with van der Waals surface area (Å²) in [4.78, 5) is 4.53. The lowest BCUT2D eigenvalue weighted by Crippen LogP contribution is -2.33. The quantitative estimate of drug-likeness (QED) is 0.912. The van der Waals surface area contributed by atoms with Crippen LogP contribution in [0.3, 0.4) is 0 Å². The third-order valence-electron chi connectivity index (χ3n) is 4.20. The Morgan fingerprint density at radius 3 is 2.52 bits per heavy atom. The third-order valence-corrected chi connectivity index (χ3v) is 4.20. The number of hydrogen-bond donors (Lipinski definition) is 1. The summed E-state index contributed by atoms with van der Waals surface area (Å²) in [6.45, 7) is 0.647. The number of hydrogen-bond acceptors (Lipinski definition) is 3. The number of nitrogens with two attached hydrogens (primary N) is 1. The molecule has 2 aliphatic rings. The number of rotatable bonds is 2. The van der Waals surface area contributed by atoms with E-state index >= 15 is 0 Å². The molecule has 0 radical (unpaired) electrons. The fourth-order valence-electron chi connectivity index (χ4n) is 2.96. The van der Waals surface area contributed by atoms with Crippen molar-refractivity contribution in [1.82, 2.24) is 0 Å². The Labute approximate surface area is 121 Å². The van der Waals surface area contributed by atoms with Crippen LogP contribution in [0.4, 0.5) is 13.2 Å². The molecule has 0 aromatic heterocycles. The summed E-state index contributed by atoms with van der Waals surface area (Å²) in [7, 11) is 0. The fourth-order valence-corrected chi connectivity index (χ4v) is 2.96. The summed E-state index contributed by atoms with van der Waals surface area (Å²) in [6, 6.07) is 5.04. The lowest BCUT2D eigenvalue weighted by atomic mass is 9.84. The fraction of sp³-hybridized carbons (Fsp3) is 0.533. The van der Waals surface area contributed by atoms with E-state index in [1.807, 2.05) is 0 Å². The van der Waals surface area contributed by atoms with Gasteiger partial charge in [-0.2, -0.15) is 13.2 Å². The van der Waals surface area contributed by atoms with Crippen molar-refractivity contribution >= 4 is 5.90 Å². The molecule has 0 bridgehead atoms. The Morgan fingerprint density at radius 1 is 1.19 bits per heavy atom. The Balaban J connectivity index is 1.76. The van der Waals surface area contributed by atoms with Gasteiger partial charge in [-0.25, -0.2) is 4.99 Å². The third kappa shape index (κ3) is 2.90. The van der Waals surface area contributed by atoms with Gasteiger partial charge in [0.1, 0.15) is 6.10 Å². The van der Waals surface area contributed by atoms with Crippen LogP contribution in [0, 0.1) is 5.92 Å². The van der Waals surface area contributed by atoms with Gasteiger partial charge in [0.05, 0.1) is 11.6 Å². The summed E-state index contributed by atoms with van der Waals surface area (Å²) >= 11 is 0. The van der Waals surface area contributed by atoms with E-state index in [4.69, 9.17) is 10.5 Å². The summed E-state index contributed by atoms with van der Waals surface area (Å²) in [5, 5.41) is 0. The molecule has 21 heavy (non-hydrogen) atoms. The van der Waals surface area contributed by atoms with Crippen molar-refractivity contribution in [3.8, 4) is 0 Å². The molecule has 0 amide bonds. The van der Waals surface area contributed by atoms with Gasteiger partial charge < -0.3 is 10.5 Å². The molecule has 1 heterocycles. The second kappa shape index (κ2) is 5.33. The smallest absolute Gasteiger partial charge is 0.416 e. The average Bonchev–Trinajstić information content (AvgIpc) is 2.89. The highest BCUT2D eigenvalue weighted by atomic mass is 19.4. The molecule has 1 saturated carbocycles. The highest BCUT2D eigenvalue weighted by molar-refractivity contribution is 5.95. The molecule has 1 aromatic rings. The first-order chi connectivity index (χ1) is 9.97. The molecule has 0 saturated heterocycles. The highest BCUT2D eigenvalue weighted by Crippen LogP contribution is 2.34. The lowest BCUT2D eigenvalue weighted by Gasteiger charge is -2.28. The summed E-state index contributed by atoms with van der Waals surface area (Å²) in [5.74, 6) is 0.918. The Bertz CT molecular complexity index is 539. The molecule has 114 valence electrons. The highest BCUT2D eigenvalue weighted by Gasteiger charge is 2.37. The molecular formula is C15H17F3N2O. The molecule has 0 spiro atoms. The predicted molar refractivity (Wildman–Crippen MR) is 73.0 cm³/mol. The molecule has 1 aliphatic carbocycles. The minimum absolute atomic E-state index is 0.0464. The zero-order valence-corrected chi connectivity index (χ0v) is 11.4. The van der Waals surface area contributed by atoms with Crippen LogP contribution in [0.25, 0.3) is 0 Å². The first-order valence-electron chi connectivity index (χ1n) is 7.09. The van der Waals surface area contributed by atoms with E-state index in [1.165, 1.54) is 12.1 Å². The Hall–Kier alpha value is -1.56. The van der Waals surface area contributed by atoms with Gasteiger partial charge in [0.2, 0.25) is 5.90 Å². The number of ether oxygens (including phenoxy) is 1. The maximum Gasteiger partial charge on any atom is 0.416 e. The van der Waals surface area contributed by atoms with E-state index in [1.54, 1.807) is 0 Å². The maximum absolute atomic E-state index is 12.5. The van der Waals surface area contributed by atoms with Crippen LogP contribution < -0.4 is 5.73 Å². The van der Waals surface area contributed by atoms with Crippen molar-refractivity contribution in [2.24, 2.45) is 16.6 Å². The number of alkyl halides is 3. The molecule has 1 aromatic carbocycles. The Kier molecular flexibility index (Phi) is 3.65. The zero-order chi connectivity index (χ0) is 15.0. The van der Waals surface area contributed by atoms with Crippen LogP contribution in [-0.2, 0) is 10.9 Å². The van der Waals surface area contributed by atoms with Crippen molar-refractivity contribution in [2.75, 3.05) is 6.54 Å². The number of halogens is 3. The molecule has 1 aliphatic heterocycles. The van der Waals surface area contributed by atoms with Gasteiger partial charge in [-0.05, 0) is 56.0 Å². The van der Waals surface area contributed by atoms with Crippen molar-refractivity contribution in [3.63, 3.8) is 0 Å². The van der Waals surface area contributed by atoms with Gasteiger partial charge >= 0.3 is 6.18 Å². The minimum atomic E-state index is -4.32. The predicted octanol–water partition coefficient (Wildman–Crippen LogP) is 2.98. The second-order valence-electron chi connectivity index (χ2n) is 5.65. The number of aliphatic imine (C=N–C) groups is 1. The molecule has 3 rings (SSSR count). The van der Waals surface area contributed by atoms with E-state index < -0.39 is 11.7 Å². The normalized spacial score (nSPS) is 28.8. The van der Waals surface area contributed by atoms with Crippen molar-refractivity contribution in [3.05, 3.63) is 35.4 Å². The monoisotopic (exact) mass is 298 g/mol. The van der Waals surface area contributed by atoms with Gasteiger partial charge in [-0.3, -0.25) is 0 Å². The lowest BCUT2D eigenvalue weighted by molar-refractivity contribution is -0.137. The van der Waals surface area contributed by atoms with Gasteiger partial charge in [0.25, 0.3) is 0 Å². The van der Waals surface area contributed by atoms with E-state index in [-0.39, 0.29) is 12.1 Å². The van der Waals surface area contributed by atoms with Crippen molar-refractivity contribution in [1.29, 1.82) is 0 Å². The van der Waals surface area contributed by atoms with Gasteiger partial charge in [-0.1, -0.05) is 0 Å². The van der Waals surface area contributed by atoms with Crippen LogP contribution in [0.5, 0.6) is 0 Å². The summed E-state index contributed by atoms with van der Waals surface area (Å²) in [5.41, 5.74) is 5.63. The number of benzene rings is 1. The molecule has 1 fully saturated rings. The van der Waals surface area contributed by atoms with E-state index in [0.29, 0.717) is 23.9 Å². The van der Waals surface area contributed by atoms with E-state index in [0.717, 1.165) is 31.4 Å². The van der Waals surface area contributed by atoms with Gasteiger partial charge in [0, 0.05) is 5.56 Å². The Morgan fingerprint density at radius 2 is 1.90 bits per heavy atom. The largest absolute Gasteiger partial charge is 0.472 e. The maximum atomic E-state index is 12.5. The molecule has 3 unspecified atom stereocenters. The van der Waals surface area contributed by atoms with Crippen molar-refractivity contribution in [2.45, 2.75) is 37.6 Å². The topological polar surface area (TPSA) is 47.6 Å². The molecule has 2 N–H and O–H groups in total. The minimum Gasteiger partial charge on any atom is -0.472 e. The van der Waals surface area contributed by atoms with Crippen molar-refractivity contribution < 1.29 is 17.9 Å². The van der Waals surface area contributed by atoms with Crippen LogP contribution in [0.2, 0.25) is 0 Å². The van der Waals surface area contributed by atoms with Crippen LogP contribution >= 0.6 is 0 Å².